The van der Waals surface area contributed by atoms with E-state index in [1.165, 1.54) is 24.8 Å². The van der Waals surface area contributed by atoms with E-state index >= 15 is 0 Å². The van der Waals surface area contributed by atoms with Crippen LogP contribution in [0.3, 0.4) is 0 Å². The van der Waals surface area contributed by atoms with E-state index in [4.69, 9.17) is 10.1 Å². The number of fused-ring (bicyclic) bond motifs is 1. The van der Waals surface area contributed by atoms with E-state index in [0.717, 1.165) is 36.9 Å². The summed E-state index contributed by atoms with van der Waals surface area (Å²) >= 11 is 0. The third-order valence-corrected chi connectivity index (χ3v) is 8.12. The molecule has 0 amide bonds. The molecule has 1 N–H and O–H groups in total. The first-order chi connectivity index (χ1) is 16.5. The van der Waals surface area contributed by atoms with Crippen LogP contribution in [0, 0.1) is 29.0 Å². The summed E-state index contributed by atoms with van der Waals surface area (Å²) in [5, 5.41) is 25.7. The van der Waals surface area contributed by atoms with E-state index in [0.29, 0.717) is 41.0 Å². The first-order valence-corrected chi connectivity index (χ1v) is 11.8. The van der Waals surface area contributed by atoms with Gasteiger partial charge in [-0.3, -0.25) is 0 Å². The first kappa shape index (κ1) is 19.9. The molecule has 8 heteroatoms. The Balaban J connectivity index is 1.46. The largest absolute Gasteiger partial charge is 0.390 e. The highest BCUT2D eigenvalue weighted by atomic mass is 19.1. The Hall–Kier alpha value is -3.57. The Morgan fingerprint density at radius 3 is 2.50 bits per heavy atom. The van der Waals surface area contributed by atoms with Crippen LogP contribution in [0.1, 0.15) is 44.2 Å². The van der Waals surface area contributed by atoms with Gasteiger partial charge in [-0.2, -0.15) is 10.4 Å². The SMILES string of the molecule is N#Cc1cnc2ccc(-c3c(-c4ccc(F)cc4)ncn3C34CC5C[C@H](CC(O)(C5)C3)C4)nn12. The van der Waals surface area contributed by atoms with Crippen LogP contribution in [-0.4, -0.2) is 34.9 Å². The number of imidazole rings is 2. The molecule has 4 fully saturated rings. The van der Waals surface area contributed by atoms with Gasteiger partial charge in [-0.15, -0.1) is 0 Å². The second-order valence-electron chi connectivity index (χ2n) is 10.5. The zero-order chi connectivity index (χ0) is 23.1. The third-order valence-electron chi connectivity index (χ3n) is 8.12. The minimum atomic E-state index is -0.628. The molecule has 0 radical (unpaired) electrons. The normalized spacial score (nSPS) is 29.6. The summed E-state index contributed by atoms with van der Waals surface area (Å²) in [6.07, 6.45) is 9.05. The van der Waals surface area contributed by atoms with Crippen molar-refractivity contribution in [3.05, 3.63) is 60.4 Å². The van der Waals surface area contributed by atoms with E-state index in [2.05, 4.69) is 15.6 Å². The van der Waals surface area contributed by atoms with Gasteiger partial charge in [0, 0.05) is 11.1 Å². The van der Waals surface area contributed by atoms with Crippen molar-refractivity contribution in [2.75, 3.05) is 0 Å². The number of aliphatic hydroxyl groups is 1. The summed E-state index contributed by atoms with van der Waals surface area (Å²) in [6, 6.07) is 12.2. The van der Waals surface area contributed by atoms with Crippen LogP contribution in [0.2, 0.25) is 0 Å². The van der Waals surface area contributed by atoms with Crippen molar-refractivity contribution in [3.8, 4) is 28.7 Å². The maximum Gasteiger partial charge on any atom is 0.162 e. The smallest absolute Gasteiger partial charge is 0.162 e. The summed E-state index contributed by atoms with van der Waals surface area (Å²) in [7, 11) is 0. The van der Waals surface area contributed by atoms with Gasteiger partial charge in [0.05, 0.1) is 29.5 Å². The Bertz CT molecular complexity index is 1470. The quantitative estimate of drug-likeness (QED) is 0.498. The summed E-state index contributed by atoms with van der Waals surface area (Å²) in [5.74, 6) is 0.708. The van der Waals surface area contributed by atoms with E-state index < -0.39 is 5.60 Å². The Morgan fingerprint density at radius 2 is 1.79 bits per heavy atom. The van der Waals surface area contributed by atoms with Gasteiger partial charge < -0.3 is 9.67 Å². The lowest BCUT2D eigenvalue weighted by atomic mass is 9.51. The molecule has 4 saturated carbocycles. The molecule has 4 atom stereocenters. The molecule has 3 heterocycles. The van der Waals surface area contributed by atoms with Gasteiger partial charge >= 0.3 is 0 Å². The lowest BCUT2D eigenvalue weighted by Gasteiger charge is -2.60. The van der Waals surface area contributed by atoms with Gasteiger partial charge in [0.2, 0.25) is 0 Å². The maximum atomic E-state index is 13.7. The number of aromatic nitrogens is 5. The molecule has 8 rings (SSSR count). The van der Waals surface area contributed by atoms with Crippen LogP contribution in [0.15, 0.2) is 48.9 Å². The number of hydrogen-bond acceptors (Lipinski definition) is 5. The van der Waals surface area contributed by atoms with Crippen molar-refractivity contribution in [3.63, 3.8) is 0 Å². The molecular weight excluding hydrogens is 431 g/mol. The zero-order valence-electron chi connectivity index (χ0n) is 18.5. The second kappa shape index (κ2) is 6.73. The molecule has 3 unspecified atom stereocenters. The third kappa shape index (κ3) is 2.80. The molecular formula is C26H23FN6O. The number of rotatable bonds is 3. The number of benzene rings is 1. The molecule has 4 aliphatic carbocycles. The van der Waals surface area contributed by atoms with Gasteiger partial charge in [0.15, 0.2) is 11.3 Å². The molecule has 3 aromatic heterocycles. The van der Waals surface area contributed by atoms with Crippen LogP contribution in [0.25, 0.3) is 28.3 Å². The summed E-state index contributed by atoms with van der Waals surface area (Å²) in [5.41, 5.74) is 3.10. The monoisotopic (exact) mass is 454 g/mol. The predicted molar refractivity (Wildman–Crippen MR) is 122 cm³/mol. The standard InChI is InChI=1S/C26H23FN6O/c27-19-3-1-18(2-4-19)23-24(21-5-6-22-29-13-20(12-28)33(22)31-21)32(15-30-23)25-8-16-7-17(9-25)11-26(34,10-16)14-25/h1-6,13,15-17,34H,7-11,14H2/t16-,17?,25?,26?/m0/s1. The van der Waals surface area contributed by atoms with E-state index in [1.807, 2.05) is 18.5 Å². The summed E-state index contributed by atoms with van der Waals surface area (Å²) < 4.78 is 17.5. The number of hydrogen-bond donors (Lipinski definition) is 1. The molecule has 0 aliphatic heterocycles. The molecule has 34 heavy (non-hydrogen) atoms. The lowest BCUT2D eigenvalue weighted by Crippen LogP contribution is -2.59. The van der Waals surface area contributed by atoms with E-state index in [-0.39, 0.29) is 11.4 Å². The average molecular weight is 455 g/mol. The Kier molecular flexibility index (Phi) is 3.93. The predicted octanol–water partition coefficient (Wildman–Crippen LogP) is 4.31. The van der Waals surface area contributed by atoms with Crippen molar-refractivity contribution < 1.29 is 9.50 Å². The first-order valence-electron chi connectivity index (χ1n) is 11.8. The summed E-state index contributed by atoms with van der Waals surface area (Å²) in [6.45, 7) is 0. The molecule has 4 aromatic rings. The van der Waals surface area contributed by atoms with Crippen LogP contribution >= 0.6 is 0 Å². The van der Waals surface area contributed by atoms with Gasteiger partial charge in [0.1, 0.15) is 17.6 Å². The van der Waals surface area contributed by atoms with Crippen molar-refractivity contribution in [2.24, 2.45) is 11.8 Å². The molecule has 0 spiro atoms. The van der Waals surface area contributed by atoms with Crippen molar-refractivity contribution in [1.82, 2.24) is 24.1 Å². The molecule has 4 aliphatic rings. The van der Waals surface area contributed by atoms with Gasteiger partial charge in [-0.1, -0.05) is 0 Å². The molecule has 0 saturated heterocycles. The minimum absolute atomic E-state index is 0.233. The van der Waals surface area contributed by atoms with Crippen molar-refractivity contribution in [2.45, 2.75) is 49.7 Å². The number of nitriles is 1. The second-order valence-corrected chi connectivity index (χ2v) is 10.5. The van der Waals surface area contributed by atoms with Crippen molar-refractivity contribution in [1.29, 1.82) is 5.26 Å². The summed E-state index contributed by atoms with van der Waals surface area (Å²) in [4.78, 5) is 9.08. The van der Waals surface area contributed by atoms with Crippen molar-refractivity contribution >= 4 is 5.65 Å². The molecule has 1 aromatic carbocycles. The van der Waals surface area contributed by atoms with Gasteiger partial charge in [0.25, 0.3) is 0 Å². The fourth-order valence-electron chi connectivity index (χ4n) is 7.30. The minimum Gasteiger partial charge on any atom is -0.390 e. The topological polar surface area (TPSA) is 92.0 Å². The highest BCUT2D eigenvalue weighted by Crippen LogP contribution is 2.61. The number of halogens is 1. The molecule has 170 valence electrons. The van der Waals surface area contributed by atoms with Crippen LogP contribution < -0.4 is 0 Å². The Morgan fingerprint density at radius 1 is 1.03 bits per heavy atom. The fraction of sp³-hybridized carbons (Fsp3) is 0.385. The lowest BCUT2D eigenvalue weighted by molar-refractivity contribution is -0.156. The maximum absolute atomic E-state index is 13.7. The van der Waals surface area contributed by atoms with E-state index in [1.54, 1.807) is 16.6 Å². The van der Waals surface area contributed by atoms with Crippen LogP contribution in [0.5, 0.6) is 0 Å². The zero-order valence-corrected chi connectivity index (χ0v) is 18.5. The Labute approximate surface area is 195 Å². The molecule has 7 nitrogen and oxygen atoms in total. The van der Waals surface area contributed by atoms with Gasteiger partial charge in [-0.25, -0.2) is 18.9 Å². The van der Waals surface area contributed by atoms with Crippen LogP contribution in [-0.2, 0) is 5.54 Å². The number of nitrogens with zero attached hydrogens (tertiary/aromatic N) is 6. The average Bonchev–Trinajstić information content (AvgIpc) is 3.42. The highest BCUT2D eigenvalue weighted by Gasteiger charge is 2.58. The highest BCUT2D eigenvalue weighted by molar-refractivity contribution is 5.77. The fourth-order valence-corrected chi connectivity index (χ4v) is 7.30. The van der Waals surface area contributed by atoms with E-state index in [9.17, 15) is 14.8 Å². The molecule has 4 bridgehead atoms. The van der Waals surface area contributed by atoms with Gasteiger partial charge in [-0.05, 0) is 86.8 Å². The van der Waals surface area contributed by atoms with Crippen LogP contribution in [0.4, 0.5) is 4.39 Å².